The van der Waals surface area contributed by atoms with Crippen LogP contribution in [0.1, 0.15) is 43.1 Å². The first kappa shape index (κ1) is 17.2. The fourth-order valence-corrected chi connectivity index (χ4v) is 4.15. The third-order valence-electron chi connectivity index (χ3n) is 4.89. The van der Waals surface area contributed by atoms with Crippen molar-refractivity contribution in [2.24, 2.45) is 0 Å². The lowest BCUT2D eigenvalue weighted by molar-refractivity contribution is 0.0290. The van der Waals surface area contributed by atoms with Crippen LogP contribution in [0.25, 0.3) is 10.8 Å². The highest BCUT2D eigenvalue weighted by Crippen LogP contribution is 2.45. The molecule has 2 heterocycles. The Morgan fingerprint density at radius 1 is 1.27 bits per heavy atom. The number of amides is 2. The average molecular weight is 373 g/mol. The third kappa shape index (κ3) is 2.71. The van der Waals surface area contributed by atoms with Crippen LogP contribution in [-0.4, -0.2) is 35.6 Å². The predicted molar refractivity (Wildman–Crippen MR) is 102 cm³/mol. The molecule has 1 atom stereocenters. The predicted octanol–water partition coefficient (Wildman–Crippen LogP) is 4.48. The van der Waals surface area contributed by atoms with E-state index < -0.39 is 10.5 Å². The number of carbonyl (C=O) groups is 2. The summed E-state index contributed by atoms with van der Waals surface area (Å²) in [6.07, 6.45) is 0.288. The molecule has 136 valence electrons. The zero-order valence-electron chi connectivity index (χ0n) is 15.1. The van der Waals surface area contributed by atoms with Crippen LogP contribution in [0.4, 0.5) is 10.5 Å². The van der Waals surface area contributed by atoms with Gasteiger partial charge in [0.1, 0.15) is 5.60 Å². The molecule has 6 heteroatoms. The van der Waals surface area contributed by atoms with E-state index in [1.54, 1.807) is 4.90 Å². The van der Waals surface area contributed by atoms with Crippen LogP contribution in [0.2, 0.25) is 0 Å². The fourth-order valence-electron chi connectivity index (χ4n) is 3.76. The van der Waals surface area contributed by atoms with Crippen molar-refractivity contribution < 1.29 is 14.3 Å². The highest BCUT2D eigenvalue weighted by molar-refractivity contribution is 6.28. The van der Waals surface area contributed by atoms with Gasteiger partial charge in [-0.1, -0.05) is 18.2 Å². The average Bonchev–Trinajstić information content (AvgIpc) is 3.10. The van der Waals surface area contributed by atoms with Crippen molar-refractivity contribution in [3.8, 4) is 0 Å². The van der Waals surface area contributed by atoms with Crippen LogP contribution in [0.3, 0.4) is 0 Å². The standard InChI is InChI=1S/C20H21ClN2O3/c1-19(2,3)26-18(25)23-10-9-20(21,11-23)14-8-7-13-16-12(14)5-4-6-15(16)22-17(13)24/h4-8H,9-11H2,1-3H3,(H,22,24). The zero-order chi connectivity index (χ0) is 18.7. The molecule has 0 saturated carbocycles. The van der Waals surface area contributed by atoms with E-state index in [0.717, 1.165) is 22.0 Å². The van der Waals surface area contributed by atoms with Crippen LogP contribution in [0.5, 0.6) is 0 Å². The van der Waals surface area contributed by atoms with Gasteiger partial charge >= 0.3 is 6.09 Å². The van der Waals surface area contributed by atoms with Crippen molar-refractivity contribution in [1.82, 2.24) is 4.90 Å². The second kappa shape index (κ2) is 5.61. The Morgan fingerprint density at radius 3 is 2.77 bits per heavy atom. The first-order chi connectivity index (χ1) is 12.2. The maximum atomic E-state index is 12.4. The number of hydrogen-bond donors (Lipinski definition) is 1. The van der Waals surface area contributed by atoms with Crippen LogP contribution in [0, 0.1) is 0 Å². The van der Waals surface area contributed by atoms with Crippen molar-refractivity contribution in [3.63, 3.8) is 0 Å². The third-order valence-corrected chi connectivity index (χ3v) is 5.40. The van der Waals surface area contributed by atoms with Crippen molar-refractivity contribution >= 4 is 40.1 Å². The molecule has 26 heavy (non-hydrogen) atoms. The fraction of sp³-hybridized carbons (Fsp3) is 0.400. The molecule has 2 amide bonds. The Bertz CT molecular complexity index is 935. The first-order valence-corrected chi connectivity index (χ1v) is 9.10. The maximum absolute atomic E-state index is 12.4. The van der Waals surface area contributed by atoms with E-state index in [2.05, 4.69) is 5.32 Å². The number of ether oxygens (including phenoxy) is 1. The lowest BCUT2D eigenvalue weighted by Gasteiger charge is -2.27. The van der Waals surface area contributed by atoms with Crippen molar-refractivity contribution in [3.05, 3.63) is 41.5 Å². The van der Waals surface area contributed by atoms with E-state index >= 15 is 0 Å². The lowest BCUT2D eigenvalue weighted by Crippen LogP contribution is -2.36. The number of carbonyl (C=O) groups excluding carboxylic acids is 2. The second-order valence-electron chi connectivity index (χ2n) is 7.96. The summed E-state index contributed by atoms with van der Waals surface area (Å²) in [5.41, 5.74) is 1.89. The number of anilines is 1. The minimum Gasteiger partial charge on any atom is -0.444 e. The van der Waals surface area contributed by atoms with Crippen LogP contribution < -0.4 is 5.32 Å². The molecule has 0 spiro atoms. The van der Waals surface area contributed by atoms with Gasteiger partial charge in [-0.15, -0.1) is 11.6 Å². The molecule has 4 rings (SSSR count). The van der Waals surface area contributed by atoms with E-state index in [1.807, 2.05) is 51.1 Å². The SMILES string of the molecule is CC(C)(C)OC(=O)N1CCC(Cl)(c2ccc3c4c(cccc24)NC3=O)C1. The highest BCUT2D eigenvalue weighted by atomic mass is 35.5. The summed E-state index contributed by atoms with van der Waals surface area (Å²) < 4.78 is 5.47. The van der Waals surface area contributed by atoms with E-state index in [1.165, 1.54) is 0 Å². The molecule has 2 aliphatic heterocycles. The minimum absolute atomic E-state index is 0.0897. The summed E-state index contributed by atoms with van der Waals surface area (Å²) in [6, 6.07) is 9.53. The van der Waals surface area contributed by atoms with E-state index in [0.29, 0.717) is 25.1 Å². The van der Waals surface area contributed by atoms with Gasteiger partial charge in [-0.05, 0) is 50.3 Å². The Morgan fingerprint density at radius 2 is 2.04 bits per heavy atom. The Balaban J connectivity index is 1.70. The van der Waals surface area contributed by atoms with Crippen molar-refractivity contribution in [1.29, 1.82) is 0 Å². The molecule has 0 aliphatic carbocycles. The summed E-state index contributed by atoms with van der Waals surface area (Å²) in [6.45, 7) is 6.47. The lowest BCUT2D eigenvalue weighted by atomic mass is 9.90. The van der Waals surface area contributed by atoms with Gasteiger partial charge in [0.05, 0.1) is 4.87 Å². The Hall–Kier alpha value is -2.27. The first-order valence-electron chi connectivity index (χ1n) is 8.72. The smallest absolute Gasteiger partial charge is 0.410 e. The number of alkyl halides is 1. The molecule has 1 saturated heterocycles. The van der Waals surface area contributed by atoms with Gasteiger partial charge in [0, 0.05) is 29.7 Å². The molecule has 0 aromatic heterocycles. The van der Waals surface area contributed by atoms with Crippen molar-refractivity contribution in [2.45, 2.75) is 37.7 Å². The van der Waals surface area contributed by atoms with Gasteiger partial charge in [0.2, 0.25) is 0 Å². The van der Waals surface area contributed by atoms with E-state index in [9.17, 15) is 9.59 Å². The molecular weight excluding hydrogens is 352 g/mol. The number of nitrogens with one attached hydrogen (secondary N) is 1. The summed E-state index contributed by atoms with van der Waals surface area (Å²) in [7, 11) is 0. The number of halogens is 1. The quantitative estimate of drug-likeness (QED) is 0.751. The van der Waals surface area contributed by atoms with Crippen LogP contribution in [-0.2, 0) is 9.61 Å². The maximum Gasteiger partial charge on any atom is 0.410 e. The molecular formula is C20H21ClN2O3. The molecule has 0 bridgehead atoms. The molecule has 5 nitrogen and oxygen atoms in total. The summed E-state index contributed by atoms with van der Waals surface area (Å²) >= 11 is 6.99. The van der Waals surface area contributed by atoms with Gasteiger partial charge in [0.15, 0.2) is 0 Å². The Kier molecular flexibility index (Phi) is 3.70. The molecule has 1 N–H and O–H groups in total. The van der Waals surface area contributed by atoms with Crippen LogP contribution >= 0.6 is 11.6 Å². The van der Waals surface area contributed by atoms with Crippen molar-refractivity contribution in [2.75, 3.05) is 18.4 Å². The minimum atomic E-state index is -0.695. The van der Waals surface area contributed by atoms with Gasteiger partial charge < -0.3 is 15.0 Å². The van der Waals surface area contributed by atoms with Gasteiger partial charge in [-0.2, -0.15) is 0 Å². The number of hydrogen-bond acceptors (Lipinski definition) is 3. The normalized spacial score (nSPS) is 22.0. The number of likely N-dealkylation sites (tertiary alicyclic amines) is 1. The second-order valence-corrected chi connectivity index (χ2v) is 8.68. The largest absolute Gasteiger partial charge is 0.444 e. The van der Waals surface area contributed by atoms with E-state index in [4.69, 9.17) is 16.3 Å². The van der Waals surface area contributed by atoms with Crippen LogP contribution in [0.15, 0.2) is 30.3 Å². The van der Waals surface area contributed by atoms with Gasteiger partial charge in [-0.25, -0.2) is 4.79 Å². The topological polar surface area (TPSA) is 58.6 Å². The number of nitrogens with zero attached hydrogens (tertiary/aromatic N) is 1. The number of benzene rings is 2. The zero-order valence-corrected chi connectivity index (χ0v) is 15.8. The molecule has 1 unspecified atom stereocenters. The summed E-state index contributed by atoms with van der Waals surface area (Å²) in [5.74, 6) is -0.0897. The summed E-state index contributed by atoms with van der Waals surface area (Å²) in [5, 5.41) is 4.75. The van der Waals surface area contributed by atoms with Gasteiger partial charge in [-0.3, -0.25) is 4.79 Å². The summed E-state index contributed by atoms with van der Waals surface area (Å²) in [4.78, 5) is 25.5. The number of rotatable bonds is 1. The van der Waals surface area contributed by atoms with E-state index in [-0.39, 0.29) is 12.0 Å². The monoisotopic (exact) mass is 372 g/mol. The van der Waals surface area contributed by atoms with Gasteiger partial charge in [0.25, 0.3) is 5.91 Å². The molecule has 2 aromatic rings. The molecule has 2 aromatic carbocycles. The molecule has 1 fully saturated rings. The highest BCUT2D eigenvalue weighted by Gasteiger charge is 2.42. The molecule has 2 aliphatic rings. The molecule has 0 radical (unpaired) electrons. The Labute approximate surface area is 157 Å².